The van der Waals surface area contributed by atoms with Crippen LogP contribution in [-0.4, -0.2) is 0 Å². The van der Waals surface area contributed by atoms with Crippen LogP contribution in [0.4, 0.5) is 0 Å². The molecule has 0 aromatic rings. The first-order chi connectivity index (χ1) is 10.3. The quantitative estimate of drug-likeness (QED) is 0.186. The second kappa shape index (κ2) is 15.6. The van der Waals surface area contributed by atoms with E-state index >= 15 is 0 Å². The lowest BCUT2D eigenvalue weighted by Crippen LogP contribution is -2.00. The van der Waals surface area contributed by atoms with Crippen LogP contribution in [0.25, 0.3) is 0 Å². The molecule has 1 unspecified atom stereocenters. The van der Waals surface area contributed by atoms with E-state index in [2.05, 4.69) is 58.1 Å². The summed E-state index contributed by atoms with van der Waals surface area (Å²) in [5, 5.41) is 0. The van der Waals surface area contributed by atoms with Gasteiger partial charge in [0.25, 0.3) is 0 Å². The fourth-order valence-corrected chi connectivity index (χ4v) is 2.71. The van der Waals surface area contributed by atoms with Gasteiger partial charge in [0.2, 0.25) is 0 Å². The molecule has 0 amide bonds. The maximum atomic E-state index is 2.42. The Bertz CT molecular complexity index is 293. The standard InChI is InChI=1S/C21H38/c1-5-9-11-13-15-19-21(17-8-4)20(16-7-3)18-14-12-10-6-2/h7,15-17,19-20H,5-6,8-14,18H2,1-4H3/b16-7+,19-15+,21-17-. The molecule has 0 aliphatic heterocycles. The van der Waals surface area contributed by atoms with Gasteiger partial charge in [-0.3, -0.25) is 0 Å². The van der Waals surface area contributed by atoms with E-state index in [1.165, 1.54) is 63.4 Å². The van der Waals surface area contributed by atoms with Crippen molar-refractivity contribution in [3.63, 3.8) is 0 Å². The third-order valence-electron chi connectivity index (χ3n) is 3.95. The molecule has 0 saturated carbocycles. The van der Waals surface area contributed by atoms with E-state index in [1.54, 1.807) is 0 Å². The zero-order chi connectivity index (χ0) is 15.8. The lowest BCUT2D eigenvalue weighted by atomic mass is 9.91. The molecule has 0 aromatic heterocycles. The normalized spacial score (nSPS) is 14.4. The molecule has 0 heterocycles. The second-order valence-electron chi connectivity index (χ2n) is 5.99. The average molecular weight is 291 g/mol. The lowest BCUT2D eigenvalue weighted by molar-refractivity contribution is 0.579. The number of unbranched alkanes of at least 4 members (excludes halogenated alkanes) is 6. The third kappa shape index (κ3) is 11.5. The molecule has 0 saturated heterocycles. The Labute approximate surface area is 134 Å². The summed E-state index contributed by atoms with van der Waals surface area (Å²) in [6, 6.07) is 0. The highest BCUT2D eigenvalue weighted by molar-refractivity contribution is 5.25. The summed E-state index contributed by atoms with van der Waals surface area (Å²) >= 11 is 0. The zero-order valence-corrected chi connectivity index (χ0v) is 15.0. The van der Waals surface area contributed by atoms with Gasteiger partial charge in [0.05, 0.1) is 0 Å². The number of rotatable bonds is 13. The van der Waals surface area contributed by atoms with E-state index in [0.717, 1.165) is 6.42 Å². The summed E-state index contributed by atoms with van der Waals surface area (Å²) in [5.74, 6) is 0.620. The molecular formula is C21H38. The molecule has 0 spiro atoms. The topological polar surface area (TPSA) is 0 Å². The first kappa shape index (κ1) is 20.2. The summed E-state index contributed by atoms with van der Waals surface area (Å²) in [5.41, 5.74) is 1.53. The van der Waals surface area contributed by atoms with Crippen molar-refractivity contribution in [2.24, 2.45) is 5.92 Å². The fraction of sp³-hybridized carbons (Fsp3) is 0.714. The van der Waals surface area contributed by atoms with Crippen molar-refractivity contribution in [2.75, 3.05) is 0 Å². The maximum absolute atomic E-state index is 2.42. The van der Waals surface area contributed by atoms with Gasteiger partial charge >= 0.3 is 0 Å². The molecule has 1 atom stereocenters. The zero-order valence-electron chi connectivity index (χ0n) is 15.0. The highest BCUT2D eigenvalue weighted by atomic mass is 14.1. The van der Waals surface area contributed by atoms with Crippen LogP contribution in [0, 0.1) is 5.92 Å². The Morgan fingerprint density at radius 2 is 1.62 bits per heavy atom. The van der Waals surface area contributed by atoms with Gasteiger partial charge in [-0.1, -0.05) is 89.7 Å². The number of hydrogen-bond acceptors (Lipinski definition) is 0. The van der Waals surface area contributed by atoms with Gasteiger partial charge in [-0.25, -0.2) is 0 Å². The smallest absolute Gasteiger partial charge is 0.00145 e. The Kier molecular flexibility index (Phi) is 15.0. The van der Waals surface area contributed by atoms with Crippen molar-refractivity contribution in [3.8, 4) is 0 Å². The SMILES string of the molecule is C/C=C/C(CCCCCC)C(/C=C/CCCCC)=C\CC. The van der Waals surface area contributed by atoms with Gasteiger partial charge < -0.3 is 0 Å². The molecular weight excluding hydrogens is 252 g/mol. The van der Waals surface area contributed by atoms with Crippen molar-refractivity contribution in [2.45, 2.75) is 91.9 Å². The highest BCUT2D eigenvalue weighted by Gasteiger charge is 2.08. The Morgan fingerprint density at radius 1 is 0.905 bits per heavy atom. The first-order valence-electron chi connectivity index (χ1n) is 9.29. The minimum Gasteiger partial charge on any atom is -0.0910 e. The van der Waals surface area contributed by atoms with Gasteiger partial charge in [0.15, 0.2) is 0 Å². The van der Waals surface area contributed by atoms with Crippen molar-refractivity contribution >= 4 is 0 Å². The summed E-state index contributed by atoms with van der Waals surface area (Å²) in [6.45, 7) is 8.94. The Morgan fingerprint density at radius 3 is 2.24 bits per heavy atom. The second-order valence-corrected chi connectivity index (χ2v) is 5.99. The van der Waals surface area contributed by atoms with Crippen LogP contribution in [0.15, 0.2) is 36.0 Å². The van der Waals surface area contributed by atoms with Crippen LogP contribution in [0.3, 0.4) is 0 Å². The monoisotopic (exact) mass is 290 g/mol. The molecule has 0 rings (SSSR count). The molecule has 0 aliphatic rings. The highest BCUT2D eigenvalue weighted by Crippen LogP contribution is 2.23. The summed E-state index contributed by atoms with van der Waals surface area (Å²) in [7, 11) is 0. The van der Waals surface area contributed by atoms with E-state index in [0.29, 0.717) is 5.92 Å². The van der Waals surface area contributed by atoms with Crippen LogP contribution in [-0.2, 0) is 0 Å². The third-order valence-corrected chi connectivity index (χ3v) is 3.95. The van der Waals surface area contributed by atoms with Crippen molar-refractivity contribution in [1.82, 2.24) is 0 Å². The van der Waals surface area contributed by atoms with E-state index < -0.39 is 0 Å². The molecule has 0 radical (unpaired) electrons. The van der Waals surface area contributed by atoms with Crippen molar-refractivity contribution < 1.29 is 0 Å². The molecule has 0 aliphatic carbocycles. The molecule has 0 nitrogen and oxygen atoms in total. The van der Waals surface area contributed by atoms with Gasteiger partial charge in [-0.15, -0.1) is 0 Å². The largest absolute Gasteiger partial charge is 0.0910 e. The van der Waals surface area contributed by atoms with Crippen LogP contribution < -0.4 is 0 Å². The average Bonchev–Trinajstić information content (AvgIpc) is 2.49. The summed E-state index contributed by atoms with van der Waals surface area (Å²) in [6.07, 6.45) is 24.9. The van der Waals surface area contributed by atoms with E-state index in [-0.39, 0.29) is 0 Å². The Hall–Kier alpha value is -0.780. The fourth-order valence-electron chi connectivity index (χ4n) is 2.71. The molecule has 0 N–H and O–H groups in total. The minimum absolute atomic E-state index is 0.620. The summed E-state index contributed by atoms with van der Waals surface area (Å²) in [4.78, 5) is 0. The molecule has 21 heavy (non-hydrogen) atoms. The number of allylic oxidation sites excluding steroid dienone is 6. The molecule has 0 heteroatoms. The predicted molar refractivity (Wildman–Crippen MR) is 98.7 cm³/mol. The molecule has 0 fully saturated rings. The minimum atomic E-state index is 0.620. The summed E-state index contributed by atoms with van der Waals surface area (Å²) < 4.78 is 0. The van der Waals surface area contributed by atoms with E-state index in [9.17, 15) is 0 Å². The molecule has 122 valence electrons. The van der Waals surface area contributed by atoms with Crippen LogP contribution >= 0.6 is 0 Å². The van der Waals surface area contributed by atoms with Gasteiger partial charge in [-0.05, 0) is 38.2 Å². The van der Waals surface area contributed by atoms with Crippen LogP contribution in [0.2, 0.25) is 0 Å². The molecule has 0 aromatic carbocycles. The van der Waals surface area contributed by atoms with E-state index in [1.807, 2.05) is 0 Å². The Balaban J connectivity index is 4.49. The molecule has 0 bridgehead atoms. The lowest BCUT2D eigenvalue weighted by Gasteiger charge is -2.15. The predicted octanol–water partition coefficient (Wildman–Crippen LogP) is 7.62. The van der Waals surface area contributed by atoms with Gasteiger partial charge in [-0.2, -0.15) is 0 Å². The van der Waals surface area contributed by atoms with Gasteiger partial charge in [0.1, 0.15) is 0 Å². The van der Waals surface area contributed by atoms with Crippen LogP contribution in [0.5, 0.6) is 0 Å². The number of hydrogen-bond donors (Lipinski definition) is 0. The maximum Gasteiger partial charge on any atom is 0.00145 e. The first-order valence-corrected chi connectivity index (χ1v) is 9.29. The van der Waals surface area contributed by atoms with Gasteiger partial charge in [0, 0.05) is 5.92 Å². The van der Waals surface area contributed by atoms with Crippen LogP contribution in [0.1, 0.15) is 91.9 Å². The van der Waals surface area contributed by atoms with Crippen molar-refractivity contribution in [1.29, 1.82) is 0 Å². The van der Waals surface area contributed by atoms with E-state index in [4.69, 9.17) is 0 Å². The van der Waals surface area contributed by atoms with Crippen molar-refractivity contribution in [3.05, 3.63) is 36.0 Å².